The Morgan fingerprint density at radius 3 is 2.80 bits per heavy atom. The molecule has 0 bridgehead atoms. The average Bonchev–Trinajstić information content (AvgIpc) is 2.17. The van der Waals surface area contributed by atoms with Gasteiger partial charge >= 0.3 is 6.03 Å². The van der Waals surface area contributed by atoms with Gasteiger partial charge in [0.1, 0.15) is 0 Å². The Morgan fingerprint density at radius 2 is 2.20 bits per heavy atom. The van der Waals surface area contributed by atoms with E-state index in [9.17, 15) is 4.79 Å². The zero-order chi connectivity index (χ0) is 11.3. The molecule has 3 nitrogen and oxygen atoms in total. The molecule has 1 aliphatic heterocycles. The van der Waals surface area contributed by atoms with Crippen molar-refractivity contribution in [2.24, 2.45) is 5.92 Å². The summed E-state index contributed by atoms with van der Waals surface area (Å²) in [5.74, 6) is 0.764. The molecule has 1 saturated heterocycles. The third-order valence-electron chi connectivity index (χ3n) is 3.21. The number of amides is 2. The Labute approximate surface area is 93.2 Å². The van der Waals surface area contributed by atoms with Crippen LogP contribution in [-0.4, -0.2) is 30.1 Å². The van der Waals surface area contributed by atoms with Crippen LogP contribution in [-0.2, 0) is 0 Å². The number of carbonyl (C=O) groups excluding carboxylic acids is 1. The number of carbonyl (C=O) groups is 1. The molecular weight excluding hydrogens is 188 g/mol. The van der Waals surface area contributed by atoms with Gasteiger partial charge in [-0.2, -0.15) is 0 Å². The van der Waals surface area contributed by atoms with Crippen LogP contribution >= 0.6 is 0 Å². The van der Waals surface area contributed by atoms with E-state index in [1.54, 1.807) is 0 Å². The third-order valence-corrected chi connectivity index (χ3v) is 3.21. The second-order valence-corrected chi connectivity index (χ2v) is 4.76. The number of rotatable bonds is 3. The van der Waals surface area contributed by atoms with Gasteiger partial charge in [0, 0.05) is 19.1 Å². The van der Waals surface area contributed by atoms with E-state index in [2.05, 4.69) is 26.1 Å². The summed E-state index contributed by atoms with van der Waals surface area (Å²) in [5.41, 5.74) is 0. The highest BCUT2D eigenvalue weighted by molar-refractivity contribution is 5.74. The molecule has 1 fully saturated rings. The second-order valence-electron chi connectivity index (χ2n) is 4.76. The van der Waals surface area contributed by atoms with Crippen LogP contribution < -0.4 is 5.32 Å². The quantitative estimate of drug-likeness (QED) is 0.717. The van der Waals surface area contributed by atoms with Crippen LogP contribution in [0, 0.1) is 5.92 Å². The van der Waals surface area contributed by atoms with Crippen molar-refractivity contribution in [3.8, 4) is 0 Å². The van der Waals surface area contributed by atoms with Crippen molar-refractivity contribution >= 4 is 6.03 Å². The van der Waals surface area contributed by atoms with Crippen molar-refractivity contribution in [1.29, 1.82) is 0 Å². The van der Waals surface area contributed by atoms with E-state index in [1.807, 2.05) is 4.90 Å². The van der Waals surface area contributed by atoms with Crippen LogP contribution in [0.1, 0.15) is 46.5 Å². The summed E-state index contributed by atoms with van der Waals surface area (Å²) < 4.78 is 0. The van der Waals surface area contributed by atoms with Crippen LogP contribution in [0.15, 0.2) is 0 Å². The average molecular weight is 212 g/mol. The van der Waals surface area contributed by atoms with E-state index in [4.69, 9.17) is 0 Å². The van der Waals surface area contributed by atoms with Crippen LogP contribution in [0.4, 0.5) is 4.79 Å². The van der Waals surface area contributed by atoms with Crippen LogP contribution in [0.2, 0.25) is 0 Å². The highest BCUT2D eigenvalue weighted by Crippen LogP contribution is 2.21. The maximum atomic E-state index is 11.8. The summed E-state index contributed by atoms with van der Waals surface area (Å²) in [4.78, 5) is 13.8. The third kappa shape index (κ3) is 3.73. The number of hydrogen-bond donors (Lipinski definition) is 1. The normalized spacial score (nSPS) is 26.5. The lowest BCUT2D eigenvalue weighted by atomic mass is 9.94. The fourth-order valence-corrected chi connectivity index (χ4v) is 2.18. The smallest absolute Gasteiger partial charge is 0.317 e. The summed E-state index contributed by atoms with van der Waals surface area (Å²) in [6.45, 7) is 8.28. The Balaban J connectivity index is 2.32. The van der Waals surface area contributed by atoms with Gasteiger partial charge in [-0.1, -0.05) is 20.3 Å². The number of likely N-dealkylation sites (tertiary alicyclic amines) is 1. The van der Waals surface area contributed by atoms with Crippen molar-refractivity contribution < 1.29 is 4.79 Å². The molecule has 2 amide bonds. The first-order valence-electron chi connectivity index (χ1n) is 6.19. The molecule has 1 heterocycles. The van der Waals surface area contributed by atoms with E-state index in [1.165, 1.54) is 0 Å². The Kier molecular flexibility index (Phi) is 4.92. The van der Waals surface area contributed by atoms with Crippen molar-refractivity contribution in [2.45, 2.75) is 52.5 Å². The highest BCUT2D eigenvalue weighted by Gasteiger charge is 2.26. The van der Waals surface area contributed by atoms with Crippen LogP contribution in [0.3, 0.4) is 0 Å². The van der Waals surface area contributed by atoms with E-state index >= 15 is 0 Å². The molecule has 0 radical (unpaired) electrons. The zero-order valence-corrected chi connectivity index (χ0v) is 10.3. The number of piperidine rings is 1. The Morgan fingerprint density at radius 1 is 1.47 bits per heavy atom. The number of hydrogen-bond acceptors (Lipinski definition) is 1. The van der Waals surface area contributed by atoms with Crippen LogP contribution in [0.5, 0.6) is 0 Å². The molecule has 3 heteroatoms. The first kappa shape index (κ1) is 12.3. The molecule has 1 rings (SSSR count). The molecule has 1 aliphatic rings. The van der Waals surface area contributed by atoms with Gasteiger partial charge in [0.15, 0.2) is 0 Å². The number of nitrogens with one attached hydrogen (secondary N) is 1. The van der Waals surface area contributed by atoms with Crippen LogP contribution in [0.25, 0.3) is 0 Å². The molecule has 0 aliphatic carbocycles. The minimum absolute atomic E-state index is 0.128. The first-order chi connectivity index (χ1) is 7.15. The molecule has 2 unspecified atom stereocenters. The van der Waals surface area contributed by atoms with Gasteiger partial charge in [0.05, 0.1) is 0 Å². The predicted molar refractivity (Wildman–Crippen MR) is 62.9 cm³/mol. The molecule has 0 aromatic carbocycles. The monoisotopic (exact) mass is 212 g/mol. The molecule has 0 spiro atoms. The second kappa shape index (κ2) is 5.99. The van der Waals surface area contributed by atoms with Crippen molar-refractivity contribution in [3.05, 3.63) is 0 Å². The lowest BCUT2D eigenvalue weighted by Gasteiger charge is -2.36. The van der Waals surface area contributed by atoms with Crippen molar-refractivity contribution in [3.63, 3.8) is 0 Å². The highest BCUT2D eigenvalue weighted by atomic mass is 16.2. The van der Waals surface area contributed by atoms with E-state index < -0.39 is 0 Å². The summed E-state index contributed by atoms with van der Waals surface area (Å²) in [7, 11) is 0. The minimum Gasteiger partial charge on any atom is -0.338 e. The number of nitrogens with zero attached hydrogens (tertiary/aromatic N) is 1. The number of urea groups is 1. The Bertz CT molecular complexity index is 206. The predicted octanol–water partition coefficient (Wildman–Crippen LogP) is 2.62. The fourth-order valence-electron chi connectivity index (χ4n) is 2.18. The molecule has 0 saturated carbocycles. The summed E-state index contributed by atoms with van der Waals surface area (Å²) in [6.07, 6.45) is 4.49. The van der Waals surface area contributed by atoms with E-state index in [0.717, 1.165) is 44.7 Å². The zero-order valence-electron chi connectivity index (χ0n) is 10.3. The van der Waals surface area contributed by atoms with E-state index in [0.29, 0.717) is 6.04 Å². The van der Waals surface area contributed by atoms with Gasteiger partial charge in [-0.3, -0.25) is 0 Å². The maximum Gasteiger partial charge on any atom is 0.317 e. The molecule has 15 heavy (non-hydrogen) atoms. The summed E-state index contributed by atoms with van der Waals surface area (Å²) in [5, 5.41) is 2.99. The number of unbranched alkanes of at least 4 members (excludes halogenated alkanes) is 1. The standard InChI is InChI=1S/C12H24N2O/c1-4-5-7-13-12(15)14-8-6-10(2)9-11(14)3/h10-11H,4-9H2,1-3H3,(H,13,15). The molecular formula is C12H24N2O. The topological polar surface area (TPSA) is 32.3 Å². The molecule has 0 aromatic heterocycles. The summed E-state index contributed by atoms with van der Waals surface area (Å²) >= 11 is 0. The van der Waals surface area contributed by atoms with Gasteiger partial charge in [0.25, 0.3) is 0 Å². The van der Waals surface area contributed by atoms with Crippen molar-refractivity contribution in [2.75, 3.05) is 13.1 Å². The molecule has 1 N–H and O–H groups in total. The largest absolute Gasteiger partial charge is 0.338 e. The Hall–Kier alpha value is -0.730. The fraction of sp³-hybridized carbons (Fsp3) is 0.917. The SMILES string of the molecule is CCCCNC(=O)N1CCC(C)CC1C. The lowest BCUT2D eigenvalue weighted by Crippen LogP contribution is -2.49. The minimum atomic E-state index is 0.128. The summed E-state index contributed by atoms with van der Waals surface area (Å²) in [6, 6.07) is 0.526. The molecule has 2 atom stereocenters. The molecule has 0 aromatic rings. The van der Waals surface area contributed by atoms with Gasteiger partial charge < -0.3 is 10.2 Å². The van der Waals surface area contributed by atoms with Gasteiger partial charge in [0.2, 0.25) is 0 Å². The van der Waals surface area contributed by atoms with Gasteiger partial charge in [-0.05, 0) is 32.1 Å². The molecule has 88 valence electrons. The van der Waals surface area contributed by atoms with E-state index in [-0.39, 0.29) is 6.03 Å². The lowest BCUT2D eigenvalue weighted by molar-refractivity contribution is 0.139. The maximum absolute atomic E-state index is 11.8. The first-order valence-corrected chi connectivity index (χ1v) is 6.19. The van der Waals surface area contributed by atoms with Gasteiger partial charge in [-0.25, -0.2) is 4.79 Å². The van der Waals surface area contributed by atoms with Crippen molar-refractivity contribution in [1.82, 2.24) is 10.2 Å². The van der Waals surface area contributed by atoms with Gasteiger partial charge in [-0.15, -0.1) is 0 Å².